The number of rotatable bonds is 3. The molecule has 0 saturated heterocycles. The number of primary amides is 1. The third-order valence-corrected chi connectivity index (χ3v) is 2.99. The van der Waals surface area contributed by atoms with Gasteiger partial charge in [0.05, 0.1) is 0 Å². The highest BCUT2D eigenvalue weighted by Crippen LogP contribution is 2.27. The molecule has 0 bridgehead atoms. The minimum atomic E-state index is -0.377. The van der Waals surface area contributed by atoms with Gasteiger partial charge < -0.3 is 11.1 Å². The highest BCUT2D eigenvalue weighted by Gasteiger charge is 2.22. The van der Waals surface area contributed by atoms with Gasteiger partial charge in [0.2, 0.25) is 0 Å². The van der Waals surface area contributed by atoms with Crippen molar-refractivity contribution < 1.29 is 4.79 Å². The smallest absolute Gasteiger partial charge is 0.312 e. The van der Waals surface area contributed by atoms with E-state index in [1.807, 2.05) is 0 Å². The van der Waals surface area contributed by atoms with Crippen molar-refractivity contribution in [2.75, 3.05) is 0 Å². The summed E-state index contributed by atoms with van der Waals surface area (Å²) in [5.74, 6) is 0.659. The molecule has 3 heteroatoms. The van der Waals surface area contributed by atoms with Crippen LogP contribution < -0.4 is 11.1 Å². The molecule has 1 rings (SSSR count). The second kappa shape index (κ2) is 5.10. The molecule has 1 saturated carbocycles. The average Bonchev–Trinajstić information content (AvgIpc) is 2.15. The summed E-state index contributed by atoms with van der Waals surface area (Å²) in [6.45, 7) is 2.11. The van der Waals surface area contributed by atoms with Crippen molar-refractivity contribution in [3.8, 4) is 0 Å². The molecule has 0 heterocycles. The molecule has 0 aromatic rings. The molecule has 3 N–H and O–H groups in total. The van der Waals surface area contributed by atoms with Crippen LogP contribution in [0.3, 0.4) is 0 Å². The van der Waals surface area contributed by atoms with E-state index >= 15 is 0 Å². The summed E-state index contributed by atoms with van der Waals surface area (Å²) >= 11 is 0. The van der Waals surface area contributed by atoms with Gasteiger partial charge in [-0.2, -0.15) is 0 Å². The zero-order valence-electron chi connectivity index (χ0n) is 8.38. The molecule has 13 heavy (non-hydrogen) atoms. The molecule has 1 atom stereocenters. The zero-order valence-corrected chi connectivity index (χ0v) is 8.38. The van der Waals surface area contributed by atoms with Crippen molar-refractivity contribution in [3.05, 3.63) is 0 Å². The number of urea groups is 1. The van der Waals surface area contributed by atoms with E-state index in [0.717, 1.165) is 6.42 Å². The lowest BCUT2D eigenvalue weighted by Gasteiger charge is -2.29. The number of carbonyl (C=O) groups is 1. The monoisotopic (exact) mass is 184 g/mol. The predicted octanol–water partition coefficient (Wildman–Crippen LogP) is 2.01. The summed E-state index contributed by atoms with van der Waals surface area (Å²) in [5, 5.41) is 2.84. The Kier molecular flexibility index (Phi) is 4.06. The van der Waals surface area contributed by atoms with E-state index in [4.69, 9.17) is 5.73 Å². The van der Waals surface area contributed by atoms with Crippen LogP contribution in [0.25, 0.3) is 0 Å². The first-order valence-corrected chi connectivity index (χ1v) is 5.30. The minimum Gasteiger partial charge on any atom is -0.352 e. The van der Waals surface area contributed by atoms with Crippen LogP contribution in [0, 0.1) is 5.92 Å². The van der Waals surface area contributed by atoms with E-state index < -0.39 is 0 Å². The van der Waals surface area contributed by atoms with Crippen LogP contribution in [-0.4, -0.2) is 12.1 Å². The Hall–Kier alpha value is -0.730. The second-order valence-electron chi connectivity index (χ2n) is 3.92. The van der Waals surface area contributed by atoms with E-state index in [9.17, 15) is 4.79 Å². The van der Waals surface area contributed by atoms with E-state index in [1.54, 1.807) is 0 Å². The lowest BCUT2D eigenvalue weighted by atomic mass is 9.83. The van der Waals surface area contributed by atoms with Crippen molar-refractivity contribution >= 4 is 6.03 Å². The maximum Gasteiger partial charge on any atom is 0.312 e. The van der Waals surface area contributed by atoms with Crippen molar-refractivity contribution in [2.24, 2.45) is 11.7 Å². The van der Waals surface area contributed by atoms with Gasteiger partial charge >= 0.3 is 6.03 Å². The third kappa shape index (κ3) is 3.25. The van der Waals surface area contributed by atoms with Gasteiger partial charge in [-0.1, -0.05) is 26.2 Å². The highest BCUT2D eigenvalue weighted by atomic mass is 16.2. The van der Waals surface area contributed by atoms with Crippen LogP contribution in [0.2, 0.25) is 0 Å². The number of amides is 2. The predicted molar refractivity (Wildman–Crippen MR) is 53.4 cm³/mol. The Balaban J connectivity index is 2.39. The van der Waals surface area contributed by atoms with Crippen LogP contribution in [0.1, 0.15) is 45.4 Å². The lowest BCUT2D eigenvalue weighted by molar-refractivity contribution is 0.226. The van der Waals surface area contributed by atoms with Crippen LogP contribution in [-0.2, 0) is 0 Å². The Bertz CT molecular complexity index is 164. The zero-order chi connectivity index (χ0) is 9.68. The van der Waals surface area contributed by atoms with Gasteiger partial charge in [-0.3, -0.25) is 0 Å². The summed E-state index contributed by atoms with van der Waals surface area (Å²) in [6, 6.07) is -0.0739. The summed E-state index contributed by atoms with van der Waals surface area (Å²) in [6.07, 6.45) is 7.46. The first kappa shape index (κ1) is 10.4. The maximum atomic E-state index is 10.7. The number of nitrogens with two attached hydrogens (primary N) is 1. The fourth-order valence-corrected chi connectivity index (χ4v) is 2.27. The Morgan fingerprint density at radius 2 is 2.08 bits per heavy atom. The van der Waals surface area contributed by atoms with Crippen LogP contribution in [0.5, 0.6) is 0 Å². The molecule has 1 fully saturated rings. The molecule has 0 aromatic heterocycles. The average molecular weight is 184 g/mol. The molecule has 0 aliphatic heterocycles. The molecule has 76 valence electrons. The van der Waals surface area contributed by atoms with Crippen molar-refractivity contribution in [2.45, 2.75) is 51.5 Å². The first-order chi connectivity index (χ1) is 6.24. The quantitative estimate of drug-likeness (QED) is 0.692. The first-order valence-electron chi connectivity index (χ1n) is 5.30. The van der Waals surface area contributed by atoms with Crippen LogP contribution in [0.4, 0.5) is 4.79 Å². The fourth-order valence-electron chi connectivity index (χ4n) is 2.27. The topological polar surface area (TPSA) is 55.1 Å². The van der Waals surface area contributed by atoms with Gasteiger partial charge in [0.1, 0.15) is 0 Å². The number of hydrogen-bond donors (Lipinski definition) is 2. The van der Waals surface area contributed by atoms with Gasteiger partial charge in [0.15, 0.2) is 0 Å². The normalized spacial score (nSPS) is 21.0. The van der Waals surface area contributed by atoms with E-state index in [-0.39, 0.29) is 6.03 Å². The molecular formula is C10H20N2O. The summed E-state index contributed by atoms with van der Waals surface area (Å²) in [5.41, 5.74) is 5.13. The molecule has 0 spiro atoms. The van der Waals surface area contributed by atoms with Crippen molar-refractivity contribution in [1.82, 2.24) is 5.32 Å². The molecule has 1 aliphatic carbocycles. The fraction of sp³-hybridized carbons (Fsp3) is 0.900. The Morgan fingerprint density at radius 3 is 2.54 bits per heavy atom. The largest absolute Gasteiger partial charge is 0.352 e. The Labute approximate surface area is 80.1 Å². The van der Waals surface area contributed by atoms with E-state index in [1.165, 1.54) is 32.1 Å². The molecule has 1 unspecified atom stereocenters. The summed E-state index contributed by atoms with van der Waals surface area (Å²) in [7, 11) is 0. The molecule has 2 amide bonds. The van der Waals surface area contributed by atoms with E-state index in [2.05, 4.69) is 12.2 Å². The van der Waals surface area contributed by atoms with E-state index in [0.29, 0.717) is 12.0 Å². The number of hydrogen-bond acceptors (Lipinski definition) is 1. The highest BCUT2D eigenvalue weighted by molar-refractivity contribution is 5.71. The maximum absolute atomic E-state index is 10.7. The van der Waals surface area contributed by atoms with Crippen LogP contribution in [0.15, 0.2) is 0 Å². The second-order valence-corrected chi connectivity index (χ2v) is 3.92. The minimum absolute atomic E-state index is 0.304. The van der Waals surface area contributed by atoms with Crippen molar-refractivity contribution in [1.29, 1.82) is 0 Å². The van der Waals surface area contributed by atoms with Gasteiger partial charge in [-0.25, -0.2) is 4.79 Å². The summed E-state index contributed by atoms with van der Waals surface area (Å²) < 4.78 is 0. The van der Waals surface area contributed by atoms with Crippen LogP contribution >= 0.6 is 0 Å². The summed E-state index contributed by atoms with van der Waals surface area (Å²) in [4.78, 5) is 10.7. The molecule has 3 nitrogen and oxygen atoms in total. The van der Waals surface area contributed by atoms with Crippen molar-refractivity contribution in [3.63, 3.8) is 0 Å². The molecular weight excluding hydrogens is 164 g/mol. The molecule has 1 aliphatic rings. The van der Waals surface area contributed by atoms with Gasteiger partial charge in [0, 0.05) is 6.04 Å². The van der Waals surface area contributed by atoms with Gasteiger partial charge in [-0.05, 0) is 25.2 Å². The SMILES string of the molecule is CCC(NC(N)=O)C1CCCCC1. The van der Waals surface area contributed by atoms with Gasteiger partial charge in [-0.15, -0.1) is 0 Å². The molecule has 0 aromatic carbocycles. The number of nitrogens with one attached hydrogen (secondary N) is 1. The number of carbonyl (C=O) groups excluding carboxylic acids is 1. The third-order valence-electron chi connectivity index (χ3n) is 2.99. The molecule has 0 radical (unpaired) electrons. The Morgan fingerprint density at radius 1 is 1.46 bits per heavy atom. The standard InChI is InChI=1S/C10H20N2O/c1-2-9(12-10(11)13)8-6-4-3-5-7-8/h8-9H,2-7H2,1H3,(H3,11,12,13). The lowest BCUT2D eigenvalue weighted by Crippen LogP contribution is -2.43. The van der Waals surface area contributed by atoms with Gasteiger partial charge in [0.25, 0.3) is 0 Å².